The monoisotopic (exact) mass is 268 g/mol. The second kappa shape index (κ2) is 6.33. The zero-order valence-corrected chi connectivity index (χ0v) is 11.9. The summed E-state index contributed by atoms with van der Waals surface area (Å²) in [5.74, 6) is -0.138. The van der Waals surface area contributed by atoms with E-state index in [1.165, 1.54) is 5.56 Å². The standard InChI is InChI=1S/C17H20N2O/c1-14(2)16(20)19-18-13-17(11-7-4-8-12-17)15-9-5-3-6-10-15/h3-11,13-14H,12H2,1-2H3,(H,19,20). The summed E-state index contributed by atoms with van der Waals surface area (Å²) in [5.41, 5.74) is 3.49. The van der Waals surface area contributed by atoms with Crippen molar-refractivity contribution >= 4 is 12.1 Å². The van der Waals surface area contributed by atoms with Crippen LogP contribution in [0.2, 0.25) is 0 Å². The lowest BCUT2D eigenvalue weighted by atomic mass is 9.76. The van der Waals surface area contributed by atoms with Crippen LogP contribution in [0.4, 0.5) is 0 Å². The highest BCUT2D eigenvalue weighted by Crippen LogP contribution is 2.30. The summed E-state index contributed by atoms with van der Waals surface area (Å²) in [7, 11) is 0. The van der Waals surface area contributed by atoms with Gasteiger partial charge in [-0.05, 0) is 12.0 Å². The zero-order valence-electron chi connectivity index (χ0n) is 11.9. The Morgan fingerprint density at radius 1 is 1.30 bits per heavy atom. The van der Waals surface area contributed by atoms with E-state index in [0.29, 0.717) is 0 Å². The number of hydrogen-bond donors (Lipinski definition) is 1. The highest BCUT2D eigenvalue weighted by atomic mass is 16.2. The molecule has 20 heavy (non-hydrogen) atoms. The molecule has 1 amide bonds. The SMILES string of the molecule is CC(C)C(=O)NN=CC1(c2ccccc2)C=CC=CC1. The molecule has 0 heterocycles. The molecule has 2 rings (SSSR count). The van der Waals surface area contributed by atoms with Crippen LogP contribution in [-0.4, -0.2) is 12.1 Å². The summed E-state index contributed by atoms with van der Waals surface area (Å²) in [6.45, 7) is 3.70. The van der Waals surface area contributed by atoms with Crippen LogP contribution in [0.5, 0.6) is 0 Å². The Labute approximate surface area is 120 Å². The number of hydrogen-bond acceptors (Lipinski definition) is 2. The van der Waals surface area contributed by atoms with Gasteiger partial charge in [-0.25, -0.2) is 5.43 Å². The molecule has 0 aromatic heterocycles. The molecule has 0 fully saturated rings. The van der Waals surface area contributed by atoms with Crippen LogP contribution in [0.3, 0.4) is 0 Å². The van der Waals surface area contributed by atoms with Gasteiger partial charge in [-0.15, -0.1) is 0 Å². The van der Waals surface area contributed by atoms with E-state index in [0.717, 1.165) is 6.42 Å². The Hall–Kier alpha value is -2.16. The zero-order chi connectivity index (χ0) is 14.4. The minimum Gasteiger partial charge on any atom is -0.273 e. The summed E-state index contributed by atoms with van der Waals surface area (Å²) >= 11 is 0. The van der Waals surface area contributed by atoms with Crippen LogP contribution in [0.25, 0.3) is 0 Å². The lowest BCUT2D eigenvalue weighted by Crippen LogP contribution is -2.29. The van der Waals surface area contributed by atoms with Crippen molar-refractivity contribution in [2.24, 2.45) is 11.0 Å². The fourth-order valence-electron chi connectivity index (χ4n) is 2.11. The quantitative estimate of drug-likeness (QED) is 0.661. The molecular weight excluding hydrogens is 248 g/mol. The number of allylic oxidation sites excluding steroid dienone is 4. The number of hydrazone groups is 1. The molecule has 1 unspecified atom stereocenters. The van der Waals surface area contributed by atoms with E-state index in [9.17, 15) is 4.79 Å². The fraction of sp³-hybridized carbons (Fsp3) is 0.294. The Morgan fingerprint density at radius 3 is 2.65 bits per heavy atom. The van der Waals surface area contributed by atoms with Gasteiger partial charge in [0.05, 0.1) is 5.41 Å². The Bertz CT molecular complexity index is 543. The molecule has 1 N–H and O–H groups in total. The highest BCUT2D eigenvalue weighted by molar-refractivity contribution is 5.82. The van der Waals surface area contributed by atoms with Gasteiger partial charge in [0.15, 0.2) is 0 Å². The summed E-state index contributed by atoms with van der Waals surface area (Å²) in [6.07, 6.45) is 10.9. The molecule has 1 aromatic rings. The molecule has 1 aliphatic carbocycles. The molecular formula is C17H20N2O. The molecule has 0 radical (unpaired) electrons. The van der Waals surface area contributed by atoms with Crippen molar-refractivity contribution in [2.75, 3.05) is 0 Å². The van der Waals surface area contributed by atoms with E-state index in [1.807, 2.05) is 50.4 Å². The van der Waals surface area contributed by atoms with Gasteiger partial charge in [0.2, 0.25) is 5.91 Å². The van der Waals surface area contributed by atoms with E-state index < -0.39 is 0 Å². The third-order valence-corrected chi connectivity index (χ3v) is 3.40. The smallest absolute Gasteiger partial charge is 0.242 e. The molecule has 104 valence electrons. The van der Waals surface area contributed by atoms with Gasteiger partial charge in [-0.2, -0.15) is 5.10 Å². The summed E-state index contributed by atoms with van der Waals surface area (Å²) in [4.78, 5) is 11.6. The number of amides is 1. The van der Waals surface area contributed by atoms with Crippen molar-refractivity contribution in [1.29, 1.82) is 0 Å². The van der Waals surface area contributed by atoms with Gasteiger partial charge >= 0.3 is 0 Å². The van der Waals surface area contributed by atoms with Gasteiger partial charge in [0.25, 0.3) is 0 Å². The van der Waals surface area contributed by atoms with Crippen molar-refractivity contribution in [3.63, 3.8) is 0 Å². The maximum atomic E-state index is 11.6. The number of carbonyl (C=O) groups is 1. The predicted molar refractivity (Wildman–Crippen MR) is 82.5 cm³/mol. The Kier molecular flexibility index (Phi) is 4.51. The van der Waals surface area contributed by atoms with Crippen molar-refractivity contribution < 1.29 is 4.79 Å². The largest absolute Gasteiger partial charge is 0.273 e. The summed E-state index contributed by atoms with van der Waals surface area (Å²) in [5, 5.41) is 4.16. The molecule has 0 saturated carbocycles. The lowest BCUT2D eigenvalue weighted by Gasteiger charge is -2.27. The van der Waals surface area contributed by atoms with Crippen LogP contribution in [0, 0.1) is 5.92 Å². The van der Waals surface area contributed by atoms with Gasteiger partial charge < -0.3 is 0 Å². The highest BCUT2D eigenvalue weighted by Gasteiger charge is 2.27. The van der Waals surface area contributed by atoms with Crippen molar-refractivity contribution in [3.05, 3.63) is 60.2 Å². The average molecular weight is 268 g/mol. The van der Waals surface area contributed by atoms with E-state index >= 15 is 0 Å². The fourth-order valence-corrected chi connectivity index (χ4v) is 2.11. The van der Waals surface area contributed by atoms with Crippen molar-refractivity contribution in [3.8, 4) is 0 Å². The molecule has 1 aliphatic rings. The molecule has 3 nitrogen and oxygen atoms in total. The molecule has 0 spiro atoms. The molecule has 3 heteroatoms. The normalized spacial score (nSPS) is 21.6. The maximum absolute atomic E-state index is 11.6. The minimum absolute atomic E-state index is 0.0679. The third-order valence-electron chi connectivity index (χ3n) is 3.40. The first-order valence-corrected chi connectivity index (χ1v) is 6.88. The second-order valence-corrected chi connectivity index (χ2v) is 5.29. The average Bonchev–Trinajstić information content (AvgIpc) is 2.49. The van der Waals surface area contributed by atoms with Gasteiger partial charge in [0.1, 0.15) is 0 Å². The first-order valence-electron chi connectivity index (χ1n) is 6.88. The first-order chi connectivity index (χ1) is 9.64. The first kappa shape index (κ1) is 14.3. The van der Waals surface area contributed by atoms with Crippen LogP contribution >= 0.6 is 0 Å². The molecule has 0 aliphatic heterocycles. The predicted octanol–water partition coefficient (Wildman–Crippen LogP) is 3.20. The number of nitrogens with one attached hydrogen (secondary N) is 1. The molecule has 0 bridgehead atoms. The molecule has 0 saturated heterocycles. The van der Waals surface area contributed by atoms with Gasteiger partial charge in [-0.3, -0.25) is 4.79 Å². The number of carbonyl (C=O) groups excluding carboxylic acids is 1. The van der Waals surface area contributed by atoms with Crippen LogP contribution < -0.4 is 5.43 Å². The third kappa shape index (κ3) is 3.23. The van der Waals surface area contributed by atoms with E-state index in [4.69, 9.17) is 0 Å². The van der Waals surface area contributed by atoms with Crippen molar-refractivity contribution in [2.45, 2.75) is 25.7 Å². The van der Waals surface area contributed by atoms with Crippen molar-refractivity contribution in [1.82, 2.24) is 5.43 Å². The van der Waals surface area contributed by atoms with Crippen LogP contribution in [0.15, 0.2) is 59.7 Å². The Morgan fingerprint density at radius 2 is 2.05 bits per heavy atom. The topological polar surface area (TPSA) is 41.5 Å². The number of benzene rings is 1. The number of rotatable bonds is 4. The minimum atomic E-state index is -0.278. The summed E-state index contributed by atoms with van der Waals surface area (Å²) < 4.78 is 0. The number of nitrogens with zero attached hydrogens (tertiary/aromatic N) is 1. The van der Waals surface area contributed by atoms with E-state index in [-0.39, 0.29) is 17.2 Å². The van der Waals surface area contributed by atoms with Gasteiger partial charge in [0, 0.05) is 12.1 Å². The lowest BCUT2D eigenvalue weighted by molar-refractivity contribution is -0.123. The van der Waals surface area contributed by atoms with E-state index in [2.05, 4.69) is 34.8 Å². The van der Waals surface area contributed by atoms with E-state index in [1.54, 1.807) is 0 Å². The van der Waals surface area contributed by atoms with Crippen LogP contribution in [0.1, 0.15) is 25.8 Å². The Balaban J connectivity index is 2.21. The molecule has 1 atom stereocenters. The van der Waals surface area contributed by atoms with Gasteiger partial charge in [-0.1, -0.05) is 68.5 Å². The maximum Gasteiger partial charge on any atom is 0.242 e. The van der Waals surface area contributed by atoms with Crippen LogP contribution in [-0.2, 0) is 10.2 Å². The molecule has 1 aromatic carbocycles. The second-order valence-electron chi connectivity index (χ2n) is 5.29. The summed E-state index contributed by atoms with van der Waals surface area (Å²) in [6, 6.07) is 10.2.